The summed E-state index contributed by atoms with van der Waals surface area (Å²) in [5.41, 5.74) is 2.61. The third-order valence-electron chi connectivity index (χ3n) is 4.82. The van der Waals surface area contributed by atoms with E-state index in [-0.39, 0.29) is 11.2 Å². The van der Waals surface area contributed by atoms with Crippen LogP contribution in [-0.2, 0) is 4.79 Å². The highest BCUT2D eigenvalue weighted by Crippen LogP contribution is 2.31. The fourth-order valence-corrected chi connectivity index (χ4v) is 4.03. The number of aromatic nitrogens is 4. The van der Waals surface area contributed by atoms with E-state index in [0.29, 0.717) is 11.2 Å². The molecule has 0 saturated heterocycles. The van der Waals surface area contributed by atoms with Crippen LogP contribution >= 0.6 is 11.8 Å². The fraction of sp³-hybridized carbons (Fsp3) is 0.238. The summed E-state index contributed by atoms with van der Waals surface area (Å²) < 4.78 is 1.96. The highest BCUT2D eigenvalue weighted by Gasteiger charge is 2.27. The number of para-hydroxylation sites is 1. The molecule has 0 aliphatic heterocycles. The number of amides is 1. The molecule has 1 fully saturated rings. The molecule has 2 heterocycles. The van der Waals surface area contributed by atoms with Gasteiger partial charge in [-0.15, -0.1) is 10.2 Å². The van der Waals surface area contributed by atoms with Gasteiger partial charge in [-0.25, -0.2) is 4.98 Å². The first-order valence-electron chi connectivity index (χ1n) is 9.37. The van der Waals surface area contributed by atoms with Crippen molar-refractivity contribution in [2.75, 3.05) is 0 Å². The Morgan fingerprint density at radius 1 is 1.11 bits per heavy atom. The summed E-state index contributed by atoms with van der Waals surface area (Å²) in [5, 5.41) is 13.3. The predicted molar refractivity (Wildman–Crippen MR) is 110 cm³/mol. The number of hydrogen-bond acceptors (Lipinski definition) is 5. The highest BCUT2D eigenvalue weighted by molar-refractivity contribution is 8.00. The number of carbonyl (C=O) groups excluding carboxylic acids is 1. The minimum atomic E-state index is -0.261. The zero-order valence-corrected chi connectivity index (χ0v) is 16.2. The van der Waals surface area contributed by atoms with Crippen molar-refractivity contribution in [3.8, 4) is 11.4 Å². The first-order valence-corrected chi connectivity index (χ1v) is 10.2. The van der Waals surface area contributed by atoms with Crippen molar-refractivity contribution < 1.29 is 4.79 Å². The van der Waals surface area contributed by atoms with Crippen molar-refractivity contribution in [1.82, 2.24) is 24.9 Å². The van der Waals surface area contributed by atoms with Crippen LogP contribution in [-0.4, -0.2) is 36.8 Å². The number of nitrogens with one attached hydrogen (secondary N) is 1. The van der Waals surface area contributed by atoms with E-state index >= 15 is 0 Å². The molecule has 0 unspecified atom stereocenters. The maximum atomic E-state index is 12.4. The van der Waals surface area contributed by atoms with Gasteiger partial charge in [-0.05, 0) is 31.9 Å². The average molecular weight is 389 g/mol. The first-order chi connectivity index (χ1) is 13.7. The molecule has 1 N–H and O–H groups in total. The number of hydrogen-bond donors (Lipinski definition) is 1. The number of carbonyl (C=O) groups is 1. The van der Waals surface area contributed by atoms with Gasteiger partial charge >= 0.3 is 0 Å². The second-order valence-electron chi connectivity index (χ2n) is 7.00. The van der Waals surface area contributed by atoms with Gasteiger partial charge < -0.3 is 5.32 Å². The molecule has 1 aliphatic rings. The van der Waals surface area contributed by atoms with Crippen LogP contribution in [0.1, 0.15) is 19.8 Å². The van der Waals surface area contributed by atoms with Crippen molar-refractivity contribution in [1.29, 1.82) is 0 Å². The molecule has 1 saturated carbocycles. The molecule has 2 aromatic heterocycles. The van der Waals surface area contributed by atoms with E-state index in [4.69, 9.17) is 4.98 Å². The zero-order valence-electron chi connectivity index (χ0n) is 15.4. The Balaban J connectivity index is 1.63. The molecule has 2 aromatic carbocycles. The van der Waals surface area contributed by atoms with Crippen LogP contribution in [0.3, 0.4) is 0 Å². The second kappa shape index (κ2) is 6.91. The summed E-state index contributed by atoms with van der Waals surface area (Å²) in [5.74, 6) is 0.816. The molecule has 1 aliphatic carbocycles. The molecule has 1 atom stereocenters. The molecule has 28 heavy (non-hydrogen) atoms. The first kappa shape index (κ1) is 17.2. The molecule has 4 aromatic rings. The van der Waals surface area contributed by atoms with Crippen LogP contribution in [0, 0.1) is 0 Å². The van der Waals surface area contributed by atoms with E-state index in [1.807, 2.05) is 65.9 Å². The molecule has 0 bridgehead atoms. The molecule has 1 amide bonds. The van der Waals surface area contributed by atoms with Gasteiger partial charge in [0.05, 0.1) is 10.8 Å². The molecule has 0 spiro atoms. The lowest BCUT2D eigenvalue weighted by Crippen LogP contribution is -2.32. The minimum absolute atomic E-state index is 0.0410. The number of thioether (sulfide) groups is 1. The summed E-state index contributed by atoms with van der Waals surface area (Å²) in [6, 6.07) is 18.3. The molecule has 6 nitrogen and oxygen atoms in total. The van der Waals surface area contributed by atoms with Crippen molar-refractivity contribution in [3.05, 3.63) is 54.6 Å². The summed E-state index contributed by atoms with van der Waals surface area (Å²) in [6.45, 7) is 1.90. The summed E-state index contributed by atoms with van der Waals surface area (Å²) in [7, 11) is 0. The second-order valence-corrected chi connectivity index (χ2v) is 8.31. The summed E-state index contributed by atoms with van der Waals surface area (Å²) >= 11 is 1.41. The lowest BCUT2D eigenvalue weighted by Gasteiger charge is -2.12. The smallest absolute Gasteiger partial charge is 0.233 e. The lowest BCUT2D eigenvalue weighted by molar-refractivity contribution is -0.120. The Bertz CT molecular complexity index is 1170. The Labute approximate surface area is 166 Å². The fourth-order valence-electron chi connectivity index (χ4n) is 3.17. The van der Waals surface area contributed by atoms with Crippen LogP contribution < -0.4 is 5.32 Å². The Morgan fingerprint density at radius 3 is 2.64 bits per heavy atom. The molecule has 7 heteroatoms. The van der Waals surface area contributed by atoms with Crippen LogP contribution in [0.15, 0.2) is 59.8 Å². The molecular weight excluding hydrogens is 370 g/mol. The van der Waals surface area contributed by atoms with Gasteiger partial charge in [0.1, 0.15) is 5.82 Å². The van der Waals surface area contributed by atoms with E-state index in [9.17, 15) is 4.79 Å². The van der Waals surface area contributed by atoms with E-state index in [0.717, 1.165) is 40.8 Å². The number of fused-ring (bicyclic) bond motifs is 3. The van der Waals surface area contributed by atoms with Crippen LogP contribution in [0.5, 0.6) is 0 Å². The van der Waals surface area contributed by atoms with E-state index < -0.39 is 0 Å². The van der Waals surface area contributed by atoms with Gasteiger partial charge in [0.15, 0.2) is 10.8 Å². The van der Waals surface area contributed by atoms with Gasteiger partial charge in [0.2, 0.25) is 5.91 Å². The molecule has 0 radical (unpaired) electrons. The van der Waals surface area contributed by atoms with E-state index in [2.05, 4.69) is 15.5 Å². The van der Waals surface area contributed by atoms with Crippen molar-refractivity contribution in [2.45, 2.75) is 36.2 Å². The van der Waals surface area contributed by atoms with Gasteiger partial charge in [-0.3, -0.25) is 9.20 Å². The van der Waals surface area contributed by atoms with Crippen LogP contribution in [0.4, 0.5) is 0 Å². The minimum Gasteiger partial charge on any atom is -0.352 e. The maximum Gasteiger partial charge on any atom is 0.233 e. The van der Waals surface area contributed by atoms with Crippen LogP contribution in [0.2, 0.25) is 0 Å². The molecule has 5 rings (SSSR count). The quantitative estimate of drug-likeness (QED) is 0.527. The van der Waals surface area contributed by atoms with Crippen molar-refractivity contribution in [3.63, 3.8) is 0 Å². The zero-order chi connectivity index (χ0) is 19.1. The van der Waals surface area contributed by atoms with E-state index in [1.165, 1.54) is 11.8 Å². The number of nitrogens with zero attached hydrogens (tertiary/aromatic N) is 4. The van der Waals surface area contributed by atoms with Gasteiger partial charge in [-0.1, -0.05) is 54.2 Å². The topological polar surface area (TPSA) is 72.2 Å². The standard InChI is InChI=1S/C21H19N5OS/c1-13(20(27)22-15-11-12-15)28-21-25-24-19-16-9-5-6-10-17(16)23-18(26(19)21)14-7-3-2-4-8-14/h2-10,13,15H,11-12H2,1H3,(H,22,27)/t13-/m0/s1. The van der Waals surface area contributed by atoms with Gasteiger partial charge in [-0.2, -0.15) is 0 Å². The van der Waals surface area contributed by atoms with Gasteiger partial charge in [0, 0.05) is 17.0 Å². The summed E-state index contributed by atoms with van der Waals surface area (Å²) in [4.78, 5) is 17.3. The Hall–Kier alpha value is -2.93. The summed E-state index contributed by atoms with van der Waals surface area (Å²) in [6.07, 6.45) is 2.15. The Kier molecular flexibility index (Phi) is 4.24. The van der Waals surface area contributed by atoms with Crippen molar-refractivity contribution in [2.24, 2.45) is 0 Å². The molecular formula is C21H19N5OS. The highest BCUT2D eigenvalue weighted by atomic mass is 32.2. The maximum absolute atomic E-state index is 12.4. The Morgan fingerprint density at radius 2 is 1.86 bits per heavy atom. The number of benzene rings is 2. The predicted octanol–water partition coefficient (Wildman–Crippen LogP) is 3.70. The monoisotopic (exact) mass is 389 g/mol. The van der Waals surface area contributed by atoms with Gasteiger partial charge in [0.25, 0.3) is 0 Å². The largest absolute Gasteiger partial charge is 0.352 e. The lowest BCUT2D eigenvalue weighted by atomic mass is 10.2. The normalized spacial score (nSPS) is 15.0. The van der Waals surface area contributed by atoms with Crippen molar-refractivity contribution >= 4 is 34.2 Å². The SMILES string of the molecule is C[C@H](Sc1nnc2c3ccccc3nc(-c3ccccc3)n12)C(=O)NC1CC1. The third-order valence-corrected chi connectivity index (χ3v) is 5.87. The third kappa shape index (κ3) is 3.11. The van der Waals surface area contributed by atoms with E-state index in [1.54, 1.807) is 0 Å². The average Bonchev–Trinajstić information content (AvgIpc) is 3.45. The molecule has 140 valence electrons. The number of rotatable bonds is 5. The van der Waals surface area contributed by atoms with Crippen LogP contribution in [0.25, 0.3) is 27.9 Å².